The maximum absolute atomic E-state index is 10.9. The summed E-state index contributed by atoms with van der Waals surface area (Å²) in [5.41, 5.74) is 0.335. The van der Waals surface area contributed by atoms with Crippen LogP contribution in [0.5, 0.6) is 0 Å². The molecular formula is C8H7ClO3. The highest BCUT2D eigenvalue weighted by molar-refractivity contribution is 6.43. The summed E-state index contributed by atoms with van der Waals surface area (Å²) in [6.45, 7) is 0. The van der Waals surface area contributed by atoms with Gasteiger partial charge in [0.2, 0.25) is 0 Å². The van der Waals surface area contributed by atoms with Gasteiger partial charge in [0, 0.05) is 6.42 Å². The van der Waals surface area contributed by atoms with Gasteiger partial charge in [-0.25, -0.2) is 4.79 Å². The normalized spacial score (nSPS) is 16.7. The van der Waals surface area contributed by atoms with Gasteiger partial charge in [-0.1, -0.05) is 17.7 Å². The number of hydrogen-bond acceptors (Lipinski definition) is 3. The molecule has 0 spiro atoms. The van der Waals surface area contributed by atoms with Crippen LogP contribution < -0.4 is 0 Å². The van der Waals surface area contributed by atoms with Crippen molar-refractivity contribution in [2.24, 2.45) is 0 Å². The fourth-order valence-electron chi connectivity index (χ4n) is 0.836. The van der Waals surface area contributed by atoms with Gasteiger partial charge in [-0.05, 0) is 6.08 Å². The molecule has 0 fully saturated rings. The molecule has 3 nitrogen and oxygen atoms in total. The Morgan fingerprint density at radius 2 is 2.33 bits per heavy atom. The van der Waals surface area contributed by atoms with Crippen molar-refractivity contribution < 1.29 is 14.3 Å². The first-order valence-corrected chi connectivity index (χ1v) is 3.72. The molecular weight excluding hydrogens is 180 g/mol. The van der Waals surface area contributed by atoms with Crippen LogP contribution in [0.3, 0.4) is 0 Å². The molecule has 0 atom stereocenters. The standard InChI is InChI=1S/C8H7ClO3/c1-12-8(11)5-2-3-7(10)6(9)4-5/h2,4H,3H2,1H3. The Kier molecular flexibility index (Phi) is 2.65. The van der Waals surface area contributed by atoms with Crippen LogP contribution >= 0.6 is 11.6 Å². The average Bonchev–Trinajstić information content (AvgIpc) is 2.08. The van der Waals surface area contributed by atoms with Crippen LogP contribution in [0.15, 0.2) is 22.8 Å². The summed E-state index contributed by atoms with van der Waals surface area (Å²) in [4.78, 5) is 21.8. The highest BCUT2D eigenvalue weighted by atomic mass is 35.5. The smallest absolute Gasteiger partial charge is 0.337 e. The van der Waals surface area contributed by atoms with E-state index in [0.717, 1.165) is 0 Å². The molecule has 0 aromatic carbocycles. The molecule has 64 valence electrons. The maximum Gasteiger partial charge on any atom is 0.337 e. The lowest BCUT2D eigenvalue weighted by Gasteiger charge is -2.05. The Morgan fingerprint density at radius 3 is 2.83 bits per heavy atom. The molecule has 1 aliphatic rings. The first kappa shape index (κ1) is 9.00. The van der Waals surface area contributed by atoms with Crippen molar-refractivity contribution in [3.05, 3.63) is 22.8 Å². The summed E-state index contributed by atoms with van der Waals surface area (Å²) in [7, 11) is 1.28. The van der Waals surface area contributed by atoms with Crippen molar-refractivity contribution in [2.45, 2.75) is 6.42 Å². The maximum atomic E-state index is 10.9. The SMILES string of the molecule is COC(=O)C1=CCC(=O)C(Cl)=C1. The molecule has 0 radical (unpaired) electrons. The van der Waals surface area contributed by atoms with Gasteiger partial charge in [0.15, 0.2) is 5.78 Å². The Balaban J connectivity index is 2.85. The summed E-state index contributed by atoms with van der Waals surface area (Å²) in [6, 6.07) is 0. The monoisotopic (exact) mass is 186 g/mol. The molecule has 12 heavy (non-hydrogen) atoms. The number of allylic oxidation sites excluding steroid dienone is 2. The zero-order valence-corrected chi connectivity index (χ0v) is 7.22. The summed E-state index contributed by atoms with van der Waals surface area (Å²) in [5.74, 6) is -0.648. The van der Waals surface area contributed by atoms with Crippen LogP contribution in [0.4, 0.5) is 0 Å². The number of Topliss-reactive ketones (excluding diaryl/α,β-unsaturated/α-hetero) is 1. The largest absolute Gasteiger partial charge is 0.465 e. The van der Waals surface area contributed by atoms with Gasteiger partial charge in [-0.3, -0.25) is 4.79 Å². The fraction of sp³-hybridized carbons (Fsp3) is 0.250. The van der Waals surface area contributed by atoms with E-state index in [2.05, 4.69) is 4.74 Å². The second-order valence-electron chi connectivity index (χ2n) is 2.27. The number of hydrogen-bond donors (Lipinski definition) is 0. The van der Waals surface area contributed by atoms with E-state index in [-0.39, 0.29) is 17.2 Å². The predicted octanol–water partition coefficient (Wildman–Crippen LogP) is 1.18. The third-order valence-corrected chi connectivity index (χ3v) is 1.80. The molecule has 1 rings (SSSR count). The summed E-state index contributed by atoms with van der Waals surface area (Å²) < 4.78 is 4.45. The van der Waals surface area contributed by atoms with Crippen LogP contribution in [0.1, 0.15) is 6.42 Å². The number of methoxy groups -OCH3 is 1. The van der Waals surface area contributed by atoms with Crippen LogP contribution in [0, 0.1) is 0 Å². The van der Waals surface area contributed by atoms with Crippen LogP contribution in [-0.2, 0) is 14.3 Å². The van der Waals surface area contributed by atoms with Crippen molar-refractivity contribution in [1.82, 2.24) is 0 Å². The van der Waals surface area contributed by atoms with E-state index in [9.17, 15) is 9.59 Å². The molecule has 0 aromatic heterocycles. The minimum Gasteiger partial charge on any atom is -0.465 e. The minimum atomic E-state index is -0.472. The quantitative estimate of drug-likeness (QED) is 0.578. The second-order valence-corrected chi connectivity index (χ2v) is 2.68. The predicted molar refractivity (Wildman–Crippen MR) is 43.7 cm³/mol. The van der Waals surface area contributed by atoms with Gasteiger partial charge in [0.1, 0.15) is 0 Å². The molecule has 0 heterocycles. The Hall–Kier alpha value is -1.09. The van der Waals surface area contributed by atoms with E-state index in [0.29, 0.717) is 5.57 Å². The van der Waals surface area contributed by atoms with Crippen molar-refractivity contribution >= 4 is 23.4 Å². The highest BCUT2D eigenvalue weighted by Gasteiger charge is 2.16. The van der Waals surface area contributed by atoms with Crippen molar-refractivity contribution in [3.63, 3.8) is 0 Å². The topological polar surface area (TPSA) is 43.4 Å². The number of ketones is 1. The average molecular weight is 187 g/mol. The lowest BCUT2D eigenvalue weighted by Crippen LogP contribution is -2.09. The van der Waals surface area contributed by atoms with E-state index < -0.39 is 5.97 Å². The molecule has 0 aromatic rings. The molecule has 0 aliphatic heterocycles. The molecule has 0 bridgehead atoms. The molecule has 0 saturated carbocycles. The Bertz CT molecular complexity index is 289. The van der Waals surface area contributed by atoms with Crippen molar-refractivity contribution in [3.8, 4) is 0 Å². The van der Waals surface area contributed by atoms with Gasteiger partial charge in [0.25, 0.3) is 0 Å². The summed E-state index contributed by atoms with van der Waals surface area (Å²) >= 11 is 5.53. The van der Waals surface area contributed by atoms with Gasteiger partial charge >= 0.3 is 5.97 Å². The van der Waals surface area contributed by atoms with E-state index in [1.54, 1.807) is 0 Å². The van der Waals surface area contributed by atoms with Crippen molar-refractivity contribution in [1.29, 1.82) is 0 Å². The molecule has 0 amide bonds. The van der Waals surface area contributed by atoms with E-state index in [1.165, 1.54) is 19.3 Å². The zero-order valence-electron chi connectivity index (χ0n) is 6.46. The van der Waals surface area contributed by atoms with Gasteiger partial charge < -0.3 is 4.74 Å². The number of carbonyl (C=O) groups is 2. The van der Waals surface area contributed by atoms with E-state index >= 15 is 0 Å². The second kappa shape index (κ2) is 3.54. The van der Waals surface area contributed by atoms with E-state index in [1.807, 2.05) is 0 Å². The number of ether oxygens (including phenoxy) is 1. The van der Waals surface area contributed by atoms with Crippen LogP contribution in [0.25, 0.3) is 0 Å². The Morgan fingerprint density at radius 1 is 1.67 bits per heavy atom. The lowest BCUT2D eigenvalue weighted by molar-refractivity contribution is -0.135. The first-order chi connectivity index (χ1) is 5.65. The van der Waals surface area contributed by atoms with E-state index in [4.69, 9.17) is 11.6 Å². The highest BCUT2D eigenvalue weighted by Crippen LogP contribution is 2.17. The molecule has 0 N–H and O–H groups in total. The lowest BCUT2D eigenvalue weighted by atomic mass is 10.1. The van der Waals surface area contributed by atoms with Crippen LogP contribution in [0.2, 0.25) is 0 Å². The zero-order chi connectivity index (χ0) is 9.14. The number of rotatable bonds is 1. The Labute approximate surface area is 74.6 Å². The third-order valence-electron chi connectivity index (χ3n) is 1.48. The number of halogens is 1. The molecule has 4 heteroatoms. The van der Waals surface area contributed by atoms with Gasteiger partial charge in [-0.2, -0.15) is 0 Å². The summed E-state index contributed by atoms with van der Waals surface area (Å²) in [6.07, 6.45) is 2.99. The fourth-order valence-corrected chi connectivity index (χ4v) is 1.03. The molecule has 0 saturated heterocycles. The van der Waals surface area contributed by atoms with Gasteiger partial charge in [-0.15, -0.1) is 0 Å². The summed E-state index contributed by atoms with van der Waals surface area (Å²) in [5, 5.41) is 0.0814. The van der Waals surface area contributed by atoms with Crippen LogP contribution in [-0.4, -0.2) is 18.9 Å². The number of esters is 1. The first-order valence-electron chi connectivity index (χ1n) is 3.34. The molecule has 1 aliphatic carbocycles. The van der Waals surface area contributed by atoms with Gasteiger partial charge in [0.05, 0.1) is 17.7 Å². The molecule has 0 unspecified atom stereocenters. The number of carbonyl (C=O) groups excluding carboxylic acids is 2. The minimum absolute atomic E-state index is 0.0814. The van der Waals surface area contributed by atoms with Crippen molar-refractivity contribution in [2.75, 3.05) is 7.11 Å². The third kappa shape index (κ3) is 1.74.